The lowest BCUT2D eigenvalue weighted by Gasteiger charge is -2.37. The Kier molecular flexibility index (Phi) is 7.08. The summed E-state index contributed by atoms with van der Waals surface area (Å²) in [5.41, 5.74) is 0.621. The minimum atomic E-state index is -1.22. The van der Waals surface area contributed by atoms with Gasteiger partial charge in [-0.25, -0.2) is 14.2 Å². The number of hydrogen-bond donors (Lipinski definition) is 3. The van der Waals surface area contributed by atoms with Gasteiger partial charge in [0, 0.05) is 32.1 Å². The number of aryl methyl sites for hydroxylation is 1. The smallest absolute Gasteiger partial charge is 0.348 e. The predicted octanol–water partition coefficient (Wildman–Crippen LogP) is 4.01. The molecule has 3 N–H and O–H groups in total. The molecule has 0 unspecified atom stereocenters. The van der Waals surface area contributed by atoms with Gasteiger partial charge in [-0.3, -0.25) is 9.78 Å². The Morgan fingerprint density at radius 3 is 2.74 bits per heavy atom. The first-order valence-corrected chi connectivity index (χ1v) is 11.8. The van der Waals surface area contributed by atoms with Crippen LogP contribution >= 0.6 is 34.5 Å². The number of amides is 1. The van der Waals surface area contributed by atoms with Crippen LogP contribution < -0.4 is 10.2 Å². The zero-order chi connectivity index (χ0) is 24.6. The van der Waals surface area contributed by atoms with Crippen molar-refractivity contribution in [3.63, 3.8) is 0 Å². The Morgan fingerprint density at radius 1 is 1.35 bits per heavy atom. The van der Waals surface area contributed by atoms with Crippen LogP contribution in [0.5, 0.6) is 0 Å². The molecule has 13 heteroatoms. The summed E-state index contributed by atoms with van der Waals surface area (Å²) in [7, 11) is 1.52. The Morgan fingerprint density at radius 2 is 2.12 bits per heavy atom. The molecule has 0 aliphatic carbocycles. The van der Waals surface area contributed by atoms with E-state index in [2.05, 4.69) is 20.3 Å². The first-order valence-electron chi connectivity index (χ1n) is 10.2. The summed E-state index contributed by atoms with van der Waals surface area (Å²) in [4.78, 5) is 37.5. The number of carboxylic acid groups (broad SMARTS) is 1. The van der Waals surface area contributed by atoms with Crippen molar-refractivity contribution < 1.29 is 23.8 Å². The molecule has 0 spiro atoms. The van der Waals surface area contributed by atoms with Crippen molar-refractivity contribution in [3.8, 4) is 11.4 Å². The molecule has 1 amide bonds. The number of nitrogens with one attached hydrogen (secondary N) is 2. The molecule has 180 valence electrons. The van der Waals surface area contributed by atoms with Gasteiger partial charge in [-0.15, -0.1) is 0 Å². The van der Waals surface area contributed by atoms with Crippen LogP contribution in [-0.2, 0) is 4.74 Å². The van der Waals surface area contributed by atoms with Crippen molar-refractivity contribution in [2.24, 2.45) is 0 Å². The van der Waals surface area contributed by atoms with Gasteiger partial charge in [0.2, 0.25) is 0 Å². The van der Waals surface area contributed by atoms with Gasteiger partial charge in [0.25, 0.3) is 5.91 Å². The number of pyridine rings is 1. The molecule has 0 aromatic carbocycles. The summed E-state index contributed by atoms with van der Waals surface area (Å²) in [5.74, 6) is -2.28. The van der Waals surface area contributed by atoms with Crippen molar-refractivity contribution in [1.82, 2.24) is 20.3 Å². The lowest BCUT2D eigenvalue weighted by molar-refractivity contribution is 0.0540. The molecule has 34 heavy (non-hydrogen) atoms. The third kappa shape index (κ3) is 4.61. The van der Waals surface area contributed by atoms with E-state index >= 15 is 0 Å². The van der Waals surface area contributed by atoms with Crippen molar-refractivity contribution in [1.29, 1.82) is 0 Å². The molecular weight excluding hydrogens is 508 g/mol. The van der Waals surface area contributed by atoms with Gasteiger partial charge in [0.05, 0.1) is 22.2 Å². The molecule has 1 fully saturated rings. The van der Waals surface area contributed by atoms with Crippen LogP contribution in [-0.4, -0.2) is 64.3 Å². The molecular formula is C21H20Cl2FN5O4S. The fourth-order valence-electron chi connectivity index (χ4n) is 3.77. The van der Waals surface area contributed by atoms with E-state index < -0.39 is 23.8 Å². The number of anilines is 1. The summed E-state index contributed by atoms with van der Waals surface area (Å²) in [5, 5.41) is 13.4. The van der Waals surface area contributed by atoms with E-state index in [9.17, 15) is 19.1 Å². The topological polar surface area (TPSA) is 120 Å². The number of aromatic carboxylic acids is 1. The molecule has 0 bridgehead atoms. The lowest BCUT2D eigenvalue weighted by atomic mass is 10.0. The first-order chi connectivity index (χ1) is 16.2. The largest absolute Gasteiger partial charge is 0.477 e. The lowest BCUT2D eigenvalue weighted by Crippen LogP contribution is -2.55. The van der Waals surface area contributed by atoms with Gasteiger partial charge in [-0.05, 0) is 25.5 Å². The van der Waals surface area contributed by atoms with Crippen LogP contribution in [0.3, 0.4) is 0 Å². The maximum absolute atomic E-state index is 14.3. The van der Waals surface area contributed by atoms with Crippen LogP contribution in [0, 0.1) is 12.7 Å². The zero-order valence-electron chi connectivity index (χ0n) is 18.1. The standard InChI is InChI=1S/C21H20Cl2FN5O4S/c1-9-13(22)14(23)16(26-9)19(30)27-11-5-7-29(8-12(11)33-2)21-28-17(18(34-21)20(31)32)15-10(24)4-3-6-25-15/h3-4,6,11-12,26H,5,7-8H2,1-2H3,(H,27,30)(H,31,32)/t11-,12+/m1/s1. The Bertz CT molecular complexity index is 1250. The van der Waals surface area contributed by atoms with Gasteiger partial charge in [-0.2, -0.15) is 0 Å². The van der Waals surface area contributed by atoms with Crippen LogP contribution in [0.25, 0.3) is 11.4 Å². The number of halogens is 3. The summed E-state index contributed by atoms with van der Waals surface area (Å²) < 4.78 is 19.9. The van der Waals surface area contributed by atoms with Gasteiger partial charge in [0.15, 0.2) is 10.9 Å². The fraction of sp³-hybridized carbons (Fsp3) is 0.333. The van der Waals surface area contributed by atoms with E-state index in [-0.39, 0.29) is 33.0 Å². The predicted molar refractivity (Wildman–Crippen MR) is 127 cm³/mol. The third-order valence-electron chi connectivity index (χ3n) is 5.52. The van der Waals surface area contributed by atoms with E-state index in [1.54, 1.807) is 6.92 Å². The molecule has 4 rings (SSSR count). The number of aromatic amines is 1. The molecule has 2 atom stereocenters. The molecule has 0 saturated carbocycles. The number of piperidine rings is 1. The molecule has 1 aliphatic heterocycles. The number of carbonyl (C=O) groups is 2. The third-order valence-corrected chi connectivity index (χ3v) is 7.57. The highest BCUT2D eigenvalue weighted by Crippen LogP contribution is 2.35. The van der Waals surface area contributed by atoms with Crippen LogP contribution in [0.4, 0.5) is 9.52 Å². The average Bonchev–Trinajstić information content (AvgIpc) is 3.37. The number of nitrogens with zero attached hydrogens (tertiary/aromatic N) is 3. The molecule has 1 saturated heterocycles. The molecule has 3 aromatic rings. The minimum Gasteiger partial charge on any atom is -0.477 e. The van der Waals surface area contributed by atoms with Crippen LogP contribution in [0.1, 0.15) is 32.3 Å². The summed E-state index contributed by atoms with van der Waals surface area (Å²) in [6, 6.07) is 2.29. The number of rotatable bonds is 6. The summed E-state index contributed by atoms with van der Waals surface area (Å²) >= 11 is 13.2. The van der Waals surface area contributed by atoms with Crippen molar-refractivity contribution >= 4 is 51.5 Å². The second-order valence-corrected chi connectivity index (χ2v) is 9.39. The Balaban J connectivity index is 1.53. The van der Waals surface area contributed by atoms with Gasteiger partial charge in [0.1, 0.15) is 22.0 Å². The van der Waals surface area contributed by atoms with Crippen LogP contribution in [0.15, 0.2) is 18.3 Å². The number of carbonyl (C=O) groups excluding carboxylic acids is 1. The Hall–Kier alpha value is -2.73. The number of aromatic nitrogens is 3. The Labute approximate surface area is 207 Å². The van der Waals surface area contributed by atoms with E-state index in [0.29, 0.717) is 35.4 Å². The van der Waals surface area contributed by atoms with E-state index in [0.717, 1.165) is 11.3 Å². The molecule has 0 radical (unpaired) electrons. The maximum Gasteiger partial charge on any atom is 0.348 e. The average molecular weight is 528 g/mol. The number of thiazole rings is 1. The zero-order valence-corrected chi connectivity index (χ0v) is 20.4. The van der Waals surface area contributed by atoms with Gasteiger partial charge in [-0.1, -0.05) is 34.5 Å². The first kappa shape index (κ1) is 24.4. The highest BCUT2D eigenvalue weighted by Gasteiger charge is 2.34. The van der Waals surface area contributed by atoms with E-state index in [4.69, 9.17) is 27.9 Å². The second kappa shape index (κ2) is 9.87. The van der Waals surface area contributed by atoms with Gasteiger partial charge < -0.3 is 25.0 Å². The van der Waals surface area contributed by atoms with Crippen molar-refractivity contribution in [2.75, 3.05) is 25.1 Å². The van der Waals surface area contributed by atoms with Gasteiger partial charge >= 0.3 is 5.97 Å². The summed E-state index contributed by atoms with van der Waals surface area (Å²) in [6.07, 6.45) is 1.45. The fourth-order valence-corrected chi connectivity index (χ4v) is 5.13. The normalized spacial score (nSPS) is 18.2. The highest BCUT2D eigenvalue weighted by molar-refractivity contribution is 7.17. The number of ether oxygens (including phenoxy) is 1. The number of hydrogen-bond acceptors (Lipinski definition) is 7. The van der Waals surface area contributed by atoms with Crippen LogP contribution in [0.2, 0.25) is 10.0 Å². The minimum absolute atomic E-state index is 0.0244. The molecule has 9 nitrogen and oxygen atoms in total. The number of H-pyrrole nitrogens is 1. The molecule has 3 aromatic heterocycles. The van der Waals surface area contributed by atoms with E-state index in [1.165, 1.54) is 25.4 Å². The molecule has 4 heterocycles. The van der Waals surface area contributed by atoms with E-state index in [1.807, 2.05) is 4.90 Å². The second-order valence-electron chi connectivity index (χ2n) is 7.65. The monoisotopic (exact) mass is 527 g/mol. The summed E-state index contributed by atoms with van der Waals surface area (Å²) in [6.45, 7) is 2.50. The number of carboxylic acids is 1. The molecule has 1 aliphatic rings. The van der Waals surface area contributed by atoms with Crippen molar-refractivity contribution in [2.45, 2.75) is 25.5 Å². The number of methoxy groups -OCH3 is 1. The SMILES string of the molecule is CO[C@H]1CN(c2nc(-c3ncccc3F)c(C(=O)O)s2)CC[C@H]1NC(=O)c1[nH]c(C)c(Cl)c1Cl. The maximum atomic E-state index is 14.3. The highest BCUT2D eigenvalue weighted by atomic mass is 35.5. The van der Waals surface area contributed by atoms with Crippen molar-refractivity contribution in [3.05, 3.63) is 50.5 Å². The quantitative estimate of drug-likeness (QED) is 0.442.